The highest BCUT2D eigenvalue weighted by molar-refractivity contribution is 7.17. The molecular formula is C18H25NO5S. The maximum Gasteiger partial charge on any atom is 0.341 e. The molecule has 1 amide bonds. The van der Waals surface area contributed by atoms with Crippen LogP contribution in [0.2, 0.25) is 0 Å². The summed E-state index contributed by atoms with van der Waals surface area (Å²) >= 11 is 1.49. The van der Waals surface area contributed by atoms with E-state index in [2.05, 4.69) is 10.1 Å². The second kappa shape index (κ2) is 9.56. The molecule has 0 unspecified atom stereocenters. The van der Waals surface area contributed by atoms with Crippen LogP contribution in [-0.2, 0) is 31.9 Å². The molecule has 138 valence electrons. The molecular weight excluding hydrogens is 342 g/mol. The van der Waals surface area contributed by atoms with E-state index in [4.69, 9.17) is 4.74 Å². The number of methoxy groups -OCH3 is 1. The van der Waals surface area contributed by atoms with E-state index in [1.807, 2.05) is 0 Å². The SMILES string of the molecule is CCOC(=O)c1c(NC(=O)CCCCC(=O)OC)sc2c1CCCC2. The van der Waals surface area contributed by atoms with Crippen molar-refractivity contribution >= 4 is 34.2 Å². The smallest absolute Gasteiger partial charge is 0.341 e. The summed E-state index contributed by atoms with van der Waals surface area (Å²) in [5, 5.41) is 3.47. The van der Waals surface area contributed by atoms with Crippen LogP contribution in [0.15, 0.2) is 0 Å². The molecule has 0 fully saturated rings. The standard InChI is InChI=1S/C18H25NO5S/c1-3-24-18(22)16-12-8-4-5-9-13(12)25-17(16)19-14(20)10-6-7-11-15(21)23-2/h3-11H2,1-2H3,(H,19,20). The second-order valence-electron chi connectivity index (χ2n) is 5.97. The zero-order chi connectivity index (χ0) is 18.2. The Kier molecular flexibility index (Phi) is 7.43. The molecule has 2 rings (SSSR count). The topological polar surface area (TPSA) is 81.7 Å². The number of amides is 1. The highest BCUT2D eigenvalue weighted by Crippen LogP contribution is 2.38. The lowest BCUT2D eigenvalue weighted by Gasteiger charge is -2.12. The highest BCUT2D eigenvalue weighted by atomic mass is 32.1. The molecule has 1 heterocycles. The van der Waals surface area contributed by atoms with Crippen LogP contribution >= 0.6 is 11.3 Å². The van der Waals surface area contributed by atoms with E-state index in [1.165, 1.54) is 23.3 Å². The molecule has 0 radical (unpaired) electrons. The Morgan fingerprint density at radius 3 is 2.56 bits per heavy atom. The van der Waals surface area contributed by atoms with Crippen LogP contribution in [-0.4, -0.2) is 31.6 Å². The van der Waals surface area contributed by atoms with Gasteiger partial charge in [0, 0.05) is 17.7 Å². The first-order chi connectivity index (χ1) is 12.1. The minimum Gasteiger partial charge on any atom is -0.469 e. The molecule has 6 nitrogen and oxygen atoms in total. The summed E-state index contributed by atoms with van der Waals surface area (Å²) in [6.07, 6.45) is 5.78. The Balaban J connectivity index is 2.00. The molecule has 0 saturated heterocycles. The Morgan fingerprint density at radius 2 is 1.84 bits per heavy atom. The number of ether oxygens (including phenoxy) is 2. The number of thiophene rings is 1. The maximum absolute atomic E-state index is 12.3. The number of carbonyl (C=O) groups is 3. The largest absolute Gasteiger partial charge is 0.469 e. The third kappa shape index (κ3) is 5.29. The van der Waals surface area contributed by atoms with Gasteiger partial charge in [0.1, 0.15) is 5.00 Å². The van der Waals surface area contributed by atoms with Gasteiger partial charge in [0.25, 0.3) is 0 Å². The molecule has 1 aromatic rings. The summed E-state index contributed by atoms with van der Waals surface area (Å²) in [5.41, 5.74) is 1.57. The summed E-state index contributed by atoms with van der Waals surface area (Å²) in [6.45, 7) is 2.08. The highest BCUT2D eigenvalue weighted by Gasteiger charge is 2.27. The van der Waals surface area contributed by atoms with Crippen molar-refractivity contribution in [3.8, 4) is 0 Å². The van der Waals surface area contributed by atoms with E-state index in [0.29, 0.717) is 42.9 Å². The van der Waals surface area contributed by atoms with Gasteiger partial charge in [-0.25, -0.2) is 4.79 Å². The molecule has 0 saturated carbocycles. The van der Waals surface area contributed by atoms with Crippen LogP contribution in [0.25, 0.3) is 0 Å². The summed E-state index contributed by atoms with van der Waals surface area (Å²) in [5.74, 6) is -0.771. The van der Waals surface area contributed by atoms with Crippen LogP contribution < -0.4 is 5.32 Å². The number of fused-ring (bicyclic) bond motifs is 1. The van der Waals surface area contributed by atoms with Gasteiger partial charge in [-0.3, -0.25) is 9.59 Å². The van der Waals surface area contributed by atoms with Crippen molar-refractivity contribution in [2.45, 2.75) is 58.3 Å². The quantitative estimate of drug-likeness (QED) is 0.562. The number of aryl methyl sites for hydroxylation is 1. The summed E-state index contributed by atoms with van der Waals surface area (Å²) in [4.78, 5) is 36.8. The first-order valence-electron chi connectivity index (χ1n) is 8.75. The molecule has 25 heavy (non-hydrogen) atoms. The van der Waals surface area contributed by atoms with Crippen LogP contribution in [0.3, 0.4) is 0 Å². The van der Waals surface area contributed by atoms with E-state index in [9.17, 15) is 14.4 Å². The zero-order valence-electron chi connectivity index (χ0n) is 14.8. The van der Waals surface area contributed by atoms with Gasteiger partial charge < -0.3 is 14.8 Å². The van der Waals surface area contributed by atoms with Gasteiger partial charge in [0.05, 0.1) is 19.3 Å². The predicted molar refractivity (Wildman–Crippen MR) is 96.0 cm³/mol. The monoisotopic (exact) mass is 367 g/mol. The van der Waals surface area contributed by atoms with Gasteiger partial charge in [0.15, 0.2) is 0 Å². The van der Waals surface area contributed by atoms with Crippen molar-refractivity contribution in [2.75, 3.05) is 19.0 Å². The third-order valence-electron chi connectivity index (χ3n) is 4.17. The molecule has 0 bridgehead atoms. The third-order valence-corrected chi connectivity index (χ3v) is 5.37. The Labute approximate surface area is 151 Å². The van der Waals surface area contributed by atoms with Crippen LogP contribution in [0.5, 0.6) is 0 Å². The Bertz CT molecular complexity index is 638. The fourth-order valence-corrected chi connectivity index (χ4v) is 4.21. The molecule has 0 aliphatic heterocycles. The minimum absolute atomic E-state index is 0.144. The number of hydrogen-bond acceptors (Lipinski definition) is 6. The van der Waals surface area contributed by atoms with Gasteiger partial charge in [-0.05, 0) is 51.0 Å². The van der Waals surface area contributed by atoms with Gasteiger partial charge in [0.2, 0.25) is 5.91 Å². The van der Waals surface area contributed by atoms with Crippen molar-refractivity contribution in [1.29, 1.82) is 0 Å². The second-order valence-corrected chi connectivity index (χ2v) is 7.07. The van der Waals surface area contributed by atoms with Crippen molar-refractivity contribution in [3.63, 3.8) is 0 Å². The van der Waals surface area contributed by atoms with E-state index < -0.39 is 0 Å². The molecule has 1 aliphatic carbocycles. The Hall–Kier alpha value is -1.89. The van der Waals surface area contributed by atoms with Crippen LogP contribution in [0.1, 0.15) is 66.2 Å². The number of carbonyl (C=O) groups excluding carboxylic acids is 3. The number of esters is 2. The van der Waals surface area contributed by atoms with E-state index >= 15 is 0 Å². The Morgan fingerprint density at radius 1 is 1.12 bits per heavy atom. The predicted octanol–water partition coefficient (Wildman–Crippen LogP) is 3.48. The van der Waals surface area contributed by atoms with E-state index in [0.717, 1.165) is 31.2 Å². The summed E-state index contributed by atoms with van der Waals surface area (Å²) < 4.78 is 9.75. The number of unbranched alkanes of at least 4 members (excludes halogenated alkanes) is 1. The number of nitrogens with one attached hydrogen (secondary N) is 1. The molecule has 7 heteroatoms. The molecule has 1 aromatic heterocycles. The minimum atomic E-state index is -0.358. The molecule has 1 N–H and O–H groups in total. The fourth-order valence-electron chi connectivity index (χ4n) is 2.92. The molecule has 1 aliphatic rings. The van der Waals surface area contributed by atoms with Crippen LogP contribution in [0.4, 0.5) is 5.00 Å². The molecule has 0 aromatic carbocycles. The number of anilines is 1. The van der Waals surface area contributed by atoms with Crippen molar-refractivity contribution < 1.29 is 23.9 Å². The maximum atomic E-state index is 12.3. The van der Waals surface area contributed by atoms with Crippen LogP contribution in [0, 0.1) is 0 Å². The average Bonchev–Trinajstić information content (AvgIpc) is 2.96. The summed E-state index contributed by atoms with van der Waals surface area (Å²) in [7, 11) is 1.35. The van der Waals surface area contributed by atoms with Crippen molar-refractivity contribution in [3.05, 3.63) is 16.0 Å². The lowest BCUT2D eigenvalue weighted by molar-refractivity contribution is -0.140. The molecule has 0 atom stereocenters. The van der Waals surface area contributed by atoms with Crippen molar-refractivity contribution in [1.82, 2.24) is 0 Å². The lowest BCUT2D eigenvalue weighted by atomic mass is 9.95. The van der Waals surface area contributed by atoms with Gasteiger partial charge >= 0.3 is 11.9 Å². The molecule has 0 spiro atoms. The van der Waals surface area contributed by atoms with Gasteiger partial charge in [-0.15, -0.1) is 11.3 Å². The first-order valence-corrected chi connectivity index (χ1v) is 9.56. The first kappa shape index (κ1) is 19.4. The van der Waals surface area contributed by atoms with Crippen molar-refractivity contribution in [2.24, 2.45) is 0 Å². The zero-order valence-corrected chi connectivity index (χ0v) is 15.6. The average molecular weight is 367 g/mol. The number of hydrogen-bond donors (Lipinski definition) is 1. The summed E-state index contributed by atoms with van der Waals surface area (Å²) in [6, 6.07) is 0. The lowest BCUT2D eigenvalue weighted by Crippen LogP contribution is -2.15. The normalized spacial score (nSPS) is 13.0. The van der Waals surface area contributed by atoms with Gasteiger partial charge in [-0.1, -0.05) is 0 Å². The van der Waals surface area contributed by atoms with E-state index in [-0.39, 0.29) is 17.8 Å². The van der Waals surface area contributed by atoms with E-state index in [1.54, 1.807) is 6.92 Å². The number of rotatable bonds is 8. The fraction of sp³-hybridized carbons (Fsp3) is 0.611. The van der Waals surface area contributed by atoms with Gasteiger partial charge in [-0.2, -0.15) is 0 Å².